The molecule has 5 aromatic carbocycles. The minimum absolute atomic E-state index is 0.0445. The number of aryl methyl sites for hydroxylation is 1. The number of nitrogens with two attached hydrogens (primary N) is 2. The maximum absolute atomic E-state index is 16.5. The molecule has 128 heavy (non-hydrogen) atoms. The molecule has 39 nitrogen and oxygen atoms in total. The number of aliphatic carboxylic acids is 1. The van der Waals surface area contributed by atoms with Crippen molar-refractivity contribution in [3.8, 4) is 57.1 Å². The largest absolute Gasteiger partial charge is 0.507 e. The number of hydrogen-bond acceptors (Lipinski definition) is 29. The number of nitrogens with one attached hydrogen (secondary N) is 10. The molecule has 0 spiro atoms. The predicted molar refractivity (Wildman–Crippen MR) is 463 cm³/mol. The fraction of sp³-hybridized carbons (Fsp3) is 0.523. The van der Waals surface area contributed by atoms with Gasteiger partial charge in [0.1, 0.15) is 89.5 Å². The third-order valence-corrected chi connectivity index (χ3v) is 25.2. The number of aliphatic hydroxyl groups is 5. The quantitative estimate of drug-likeness (QED) is 0.0257. The highest BCUT2D eigenvalue weighted by atomic mass is 35.5. The lowest BCUT2D eigenvalue weighted by molar-refractivity contribution is -0.331. The lowest BCUT2D eigenvalue weighted by Gasteiger charge is -2.48. The lowest BCUT2D eigenvalue weighted by Crippen LogP contribution is -2.65. The molecule has 7 aliphatic rings. The first kappa shape index (κ1) is 98.5. The molecule has 7 amide bonds. The van der Waals surface area contributed by atoms with E-state index in [0.29, 0.717) is 19.4 Å². The number of sulfonamides is 1. The number of imidazole rings is 1. The molecular weight excluding hydrogens is 1730 g/mol. The van der Waals surface area contributed by atoms with Crippen LogP contribution in [0.4, 0.5) is 0 Å². The number of primary amides is 1. The first-order valence-corrected chi connectivity index (χ1v) is 45.0. The zero-order valence-corrected chi connectivity index (χ0v) is 73.8. The number of aromatic hydroxyl groups is 3. The van der Waals surface area contributed by atoms with E-state index in [2.05, 4.69) is 64.5 Å². The molecule has 2 saturated heterocycles. The number of fused-ring (bicyclic) bond motifs is 15. The van der Waals surface area contributed by atoms with Gasteiger partial charge in [0.2, 0.25) is 63.4 Å². The van der Waals surface area contributed by atoms with E-state index < -0.39 is 247 Å². The number of halogens is 2. The van der Waals surface area contributed by atoms with Crippen molar-refractivity contribution in [2.75, 3.05) is 39.0 Å². The maximum atomic E-state index is 16.5. The number of likely N-dealkylation sites (N-methyl/N-ethyl adjacent to an activating group) is 1. The summed E-state index contributed by atoms with van der Waals surface area (Å²) >= 11 is 14.4. The van der Waals surface area contributed by atoms with Crippen molar-refractivity contribution in [3.63, 3.8) is 0 Å². The van der Waals surface area contributed by atoms with Crippen LogP contribution in [0.1, 0.15) is 182 Å². The van der Waals surface area contributed by atoms with E-state index in [9.17, 15) is 68.8 Å². The highest BCUT2D eigenvalue weighted by Gasteiger charge is 2.52. The van der Waals surface area contributed by atoms with Crippen LogP contribution in [-0.4, -0.2) is 229 Å². The molecule has 0 aliphatic carbocycles. The normalized spacial score (nSPS) is 25.9. The predicted octanol–water partition coefficient (Wildman–Crippen LogP) is 3.53. The molecule has 2 fully saturated rings. The number of nitrogens with zero attached hydrogens (tertiary/aromatic N) is 2. The number of carboxylic acid groups (broad SMARTS) is 1. The van der Waals surface area contributed by atoms with E-state index in [0.717, 1.165) is 106 Å². The SMILES string of the molecule is CCCCCCCCCCS(=O)(=O)NCCCN[C@@]1(C)C[C@H](O[C@H]2[C@H](Oc3c4cc5cc3Oc3ccc(cc3Cl)[C@@H](O)[C@@H](NC(=O)[C@@H](CC(C)C)NC)C(=O)N[C@@H](CC(N)=O)C(=O)N[C@H]5C(=O)N[C@H]3C(=O)N[C@H](C(=O)N[C@H](C(=O)O)c5cc(O)c(CNCCCn6ccnc6)c(O)c5-c5cc3ccc5O)[C@H](O)c3ccc(c(Cl)c3)O4)O[C@H](CN)[C@@H](O)[C@@H]2O)O[C@@H](C)[C@H]1O. The summed E-state index contributed by atoms with van der Waals surface area (Å²) in [6.45, 7) is 9.15. The fourth-order valence-corrected chi connectivity index (χ4v) is 17.8. The number of ether oxygens (including phenoxy) is 6. The van der Waals surface area contributed by atoms with Crippen molar-refractivity contribution in [2.45, 2.75) is 240 Å². The molecule has 7 aliphatic heterocycles. The van der Waals surface area contributed by atoms with E-state index in [-0.39, 0.29) is 90.1 Å². The summed E-state index contributed by atoms with van der Waals surface area (Å²) < 4.78 is 70.4. The van der Waals surface area contributed by atoms with Crippen LogP contribution in [0.5, 0.6) is 46.0 Å². The Kier molecular flexibility index (Phi) is 33.8. The molecule has 1 aromatic heterocycles. The summed E-state index contributed by atoms with van der Waals surface area (Å²) in [6, 6.07) is -1.39. The summed E-state index contributed by atoms with van der Waals surface area (Å²) in [6.07, 6.45) is -5.03. The van der Waals surface area contributed by atoms with Gasteiger partial charge in [-0.2, -0.15) is 0 Å². The van der Waals surface area contributed by atoms with Gasteiger partial charge in [0.05, 0.1) is 52.4 Å². The number of phenolic OH excluding ortho intramolecular Hbond substituents is 3. The number of aromatic nitrogens is 2. The average Bonchev–Trinajstić information content (AvgIpc) is 0.792. The van der Waals surface area contributed by atoms with Crippen molar-refractivity contribution >= 4 is 80.5 Å². The van der Waals surface area contributed by atoms with Crippen LogP contribution in [0.15, 0.2) is 91.5 Å². The molecule has 11 bridgehead atoms. The molecule has 0 saturated carbocycles. The van der Waals surface area contributed by atoms with Gasteiger partial charge in [-0.05, 0) is 142 Å². The summed E-state index contributed by atoms with van der Waals surface area (Å²) in [5.74, 6) is -16.1. The molecule has 13 rings (SSSR count). The van der Waals surface area contributed by atoms with E-state index in [1.165, 1.54) is 19.2 Å². The Morgan fingerprint density at radius 2 is 1.36 bits per heavy atom. The Morgan fingerprint density at radius 1 is 0.719 bits per heavy atom. The van der Waals surface area contributed by atoms with Gasteiger partial charge in [-0.25, -0.2) is 22.9 Å². The van der Waals surface area contributed by atoms with E-state index >= 15 is 24.0 Å². The molecule has 8 heterocycles. The number of amides is 7. The molecule has 0 unspecified atom stereocenters. The second-order valence-electron chi connectivity index (χ2n) is 33.2. The highest BCUT2D eigenvalue weighted by Crippen LogP contribution is 2.51. The van der Waals surface area contributed by atoms with Gasteiger partial charge >= 0.3 is 5.97 Å². The summed E-state index contributed by atoms with van der Waals surface area (Å²) in [5, 5.41) is 132. The Bertz CT molecular complexity index is 5080. The van der Waals surface area contributed by atoms with E-state index in [4.69, 9.17) is 63.1 Å². The summed E-state index contributed by atoms with van der Waals surface area (Å²) in [4.78, 5) is 124. The Hall–Kier alpha value is -10.1. The zero-order chi connectivity index (χ0) is 92.8. The molecule has 6 aromatic rings. The highest BCUT2D eigenvalue weighted by molar-refractivity contribution is 7.89. The fourth-order valence-electron chi connectivity index (χ4n) is 16.1. The molecule has 42 heteroatoms. The topological polar surface area (TPSA) is 598 Å². The number of phenols is 3. The number of rotatable bonds is 34. The first-order valence-electron chi connectivity index (χ1n) is 42.6. The first-order chi connectivity index (χ1) is 60.9. The van der Waals surface area contributed by atoms with Crippen molar-refractivity contribution in [3.05, 3.63) is 135 Å². The van der Waals surface area contributed by atoms with Crippen LogP contribution < -0.4 is 78.3 Å². The van der Waals surface area contributed by atoms with Crippen LogP contribution in [0.2, 0.25) is 10.0 Å². The number of aliphatic hydroxyl groups excluding tert-OH is 5. The third kappa shape index (κ3) is 24.1. The minimum Gasteiger partial charge on any atom is -0.507 e. The van der Waals surface area contributed by atoms with Crippen molar-refractivity contribution < 1.29 is 121 Å². The number of carboxylic acids is 1. The smallest absolute Gasteiger partial charge is 0.330 e. The standard InChI is InChI=1S/C86H114Cl2N14O25S/c1-7-8-9-10-11-12-13-14-29-128(120,121)95-25-15-24-94-86(5)38-63(122-43(4)77(86)111)126-76-74(110)73(109)61(39-89)125-85(76)127-75-59-34-47-35-60(75)124-58-22-19-46(33-52(58)88)71(107)69-83(117)99-67(84(118)119)49-36-56(104)50(40-92-23-16-27-102-28-26-93-41-102)72(108)64(49)48-31-44(17-20-55(48)103)65(80(114)101-69)98-81(115)66(47)97-79(113)54(37-62(90)105)96-82(116)68(100-78(112)53(91-6)30-42(2)3)70(106)45-18-21-57(123-59)51(87)32-45/h17-22,26,28,31-36,41-43,53-54,61,63,65-71,73-74,76-77,85,91-92,94-95,103-104,106-111H,7-16,23-25,27,29-30,37-40,89H2,1-6H3,(H2,90,105)(H,96,116)(H,97,113)(H,98,115)(H,99,117)(H,100,112)(H,101,114)(H,118,119)/t43-,53+,54-,61+,63-,65+,66+,67-,68+,69-,70+,71+,73+,74-,76+,77+,85-,86-/m0/s1. The third-order valence-electron chi connectivity index (χ3n) is 23.2. The number of carbonyl (C=O) groups is 8. The zero-order valence-electron chi connectivity index (χ0n) is 71.5. The van der Waals surface area contributed by atoms with Gasteiger partial charge in [0, 0.05) is 67.2 Å². The van der Waals surface area contributed by atoms with Crippen LogP contribution in [-0.2, 0) is 75.7 Å². The Balaban J connectivity index is 1.06. The summed E-state index contributed by atoms with van der Waals surface area (Å²) in [7, 11) is -2.14. The molecular formula is C86H114Cl2N14O25S. The lowest BCUT2D eigenvalue weighted by atomic mass is 9.85. The second kappa shape index (κ2) is 44.0. The number of carbonyl (C=O) groups excluding carboxylic acids is 7. The van der Waals surface area contributed by atoms with Crippen LogP contribution in [0, 0.1) is 5.92 Å². The number of hydrogen-bond donors (Lipinski definition) is 21. The number of benzene rings is 5. The van der Waals surface area contributed by atoms with E-state index in [1.807, 2.05) is 13.8 Å². The summed E-state index contributed by atoms with van der Waals surface area (Å²) in [5.41, 5.74) is 7.66. The van der Waals surface area contributed by atoms with E-state index in [1.54, 1.807) is 37.1 Å². The average molecular weight is 1850 g/mol. The molecule has 18 atom stereocenters. The van der Waals surface area contributed by atoms with Crippen LogP contribution in [0.25, 0.3) is 11.1 Å². The van der Waals surface area contributed by atoms with Crippen molar-refractivity contribution in [1.29, 1.82) is 0 Å². The van der Waals surface area contributed by atoms with Crippen LogP contribution >= 0.6 is 23.2 Å². The minimum atomic E-state index is -3.62. The van der Waals surface area contributed by atoms with Crippen molar-refractivity contribution in [1.82, 2.24) is 62.1 Å². The van der Waals surface area contributed by atoms with Gasteiger partial charge < -0.3 is 138 Å². The monoisotopic (exact) mass is 1840 g/mol. The van der Waals surface area contributed by atoms with Crippen LogP contribution in [0.3, 0.4) is 0 Å². The number of unbranched alkanes of at least 4 members (excludes halogenated alkanes) is 7. The maximum Gasteiger partial charge on any atom is 0.330 e. The van der Waals surface area contributed by atoms with Crippen molar-refractivity contribution in [2.24, 2.45) is 17.4 Å². The second-order valence-corrected chi connectivity index (χ2v) is 36.0. The molecule has 698 valence electrons. The van der Waals surface area contributed by atoms with Gasteiger partial charge in [-0.15, -0.1) is 0 Å². The molecule has 23 N–H and O–H groups in total. The Labute approximate surface area is 748 Å². The van der Waals surface area contributed by atoms with Gasteiger partial charge in [0.25, 0.3) is 0 Å². The molecule has 0 radical (unpaired) electrons. The Morgan fingerprint density at radius 3 is 1.98 bits per heavy atom. The van der Waals surface area contributed by atoms with Gasteiger partial charge in [0.15, 0.2) is 29.9 Å². The van der Waals surface area contributed by atoms with Gasteiger partial charge in [-0.3, -0.25) is 33.6 Å². The van der Waals surface area contributed by atoms with Gasteiger partial charge in [-0.1, -0.05) is 107 Å².